The van der Waals surface area contributed by atoms with Crippen LogP contribution in [-0.4, -0.2) is 59.5 Å². The van der Waals surface area contributed by atoms with Crippen LogP contribution in [0.1, 0.15) is 37.1 Å². The monoisotopic (exact) mass is 375 g/mol. The zero-order valence-corrected chi connectivity index (χ0v) is 16.4. The topological polar surface area (TPSA) is 97.3 Å². The summed E-state index contributed by atoms with van der Waals surface area (Å²) in [6.45, 7) is 6.22. The molecule has 2 bridgehead atoms. The number of nitrogens with one attached hydrogen (secondary N) is 3. The Labute approximate surface area is 159 Å². The summed E-state index contributed by atoms with van der Waals surface area (Å²) < 4.78 is 8.28. The summed E-state index contributed by atoms with van der Waals surface area (Å²) in [5.74, 6) is -0.00521. The van der Waals surface area contributed by atoms with Gasteiger partial charge in [-0.1, -0.05) is 0 Å². The van der Waals surface area contributed by atoms with Gasteiger partial charge in [0.25, 0.3) is 0 Å². The van der Waals surface area contributed by atoms with Crippen LogP contribution in [0.25, 0.3) is 0 Å². The van der Waals surface area contributed by atoms with Gasteiger partial charge >= 0.3 is 0 Å². The van der Waals surface area contributed by atoms with E-state index in [4.69, 9.17) is 4.74 Å². The van der Waals surface area contributed by atoms with Gasteiger partial charge in [-0.15, -0.1) is 0 Å². The number of hydrogen-bond acceptors (Lipinski definition) is 5. The molecule has 148 valence electrons. The van der Waals surface area contributed by atoms with Crippen LogP contribution in [0.15, 0.2) is 6.07 Å². The molecule has 1 aromatic rings. The molecule has 2 amide bonds. The molecule has 4 aliphatic rings. The number of amides is 2. The Balaban J connectivity index is 1.42. The first kappa shape index (κ1) is 18.4. The number of aryl methyl sites for hydroxylation is 2. The number of ether oxygens (including phenoxy) is 1. The standard InChI is InChI=1S/C19H29N5O3/c1-13-8-14(2)24(23-13)9-15(25)22-12-17-10-18(11-17,16(26)20-3)19(27-17)4-6-21-7-5-19/h8,21H,4-7,9-12H2,1-3H3,(H,20,26)(H,22,25). The van der Waals surface area contributed by atoms with Crippen molar-refractivity contribution in [3.8, 4) is 0 Å². The van der Waals surface area contributed by atoms with Crippen molar-refractivity contribution in [1.29, 1.82) is 0 Å². The van der Waals surface area contributed by atoms with Gasteiger partial charge in [-0.3, -0.25) is 14.3 Å². The second-order valence-electron chi connectivity index (χ2n) is 8.41. The number of hydrogen-bond donors (Lipinski definition) is 3. The first-order valence-electron chi connectivity index (χ1n) is 9.75. The Morgan fingerprint density at radius 1 is 1.30 bits per heavy atom. The summed E-state index contributed by atoms with van der Waals surface area (Å²) in [4.78, 5) is 25.1. The van der Waals surface area contributed by atoms with E-state index >= 15 is 0 Å². The normalized spacial score (nSPS) is 30.8. The maximum absolute atomic E-state index is 12.7. The van der Waals surface area contributed by atoms with Gasteiger partial charge in [-0.25, -0.2) is 0 Å². The van der Waals surface area contributed by atoms with Crippen molar-refractivity contribution in [2.75, 3.05) is 26.7 Å². The molecule has 0 atom stereocenters. The molecule has 27 heavy (non-hydrogen) atoms. The quantitative estimate of drug-likeness (QED) is 0.675. The van der Waals surface area contributed by atoms with E-state index in [1.807, 2.05) is 19.9 Å². The van der Waals surface area contributed by atoms with Crippen molar-refractivity contribution in [2.24, 2.45) is 5.41 Å². The Bertz CT molecular complexity index is 759. The van der Waals surface area contributed by atoms with E-state index < -0.39 is 16.6 Å². The molecule has 0 unspecified atom stereocenters. The van der Waals surface area contributed by atoms with Crippen molar-refractivity contribution in [3.63, 3.8) is 0 Å². The van der Waals surface area contributed by atoms with Gasteiger partial charge in [0.05, 0.1) is 22.3 Å². The largest absolute Gasteiger partial charge is 0.365 e. The summed E-state index contributed by atoms with van der Waals surface area (Å²) in [6.07, 6.45) is 3.03. The first-order chi connectivity index (χ1) is 12.8. The van der Waals surface area contributed by atoms with Crippen LogP contribution < -0.4 is 16.0 Å². The van der Waals surface area contributed by atoms with Gasteiger partial charge in [0, 0.05) is 19.3 Å². The average molecular weight is 375 g/mol. The number of carbonyl (C=O) groups excluding carboxylic acids is 2. The lowest BCUT2D eigenvalue weighted by molar-refractivity contribution is -0.140. The van der Waals surface area contributed by atoms with E-state index in [2.05, 4.69) is 21.0 Å². The van der Waals surface area contributed by atoms with Crippen LogP contribution in [0.2, 0.25) is 0 Å². The predicted molar refractivity (Wildman–Crippen MR) is 99.1 cm³/mol. The molecule has 1 aliphatic carbocycles. The summed E-state index contributed by atoms with van der Waals surface area (Å²) in [6, 6.07) is 1.95. The highest BCUT2D eigenvalue weighted by molar-refractivity contribution is 5.86. The highest BCUT2D eigenvalue weighted by Gasteiger charge is 2.77. The number of rotatable bonds is 5. The minimum Gasteiger partial charge on any atom is -0.365 e. The van der Waals surface area contributed by atoms with E-state index in [0.29, 0.717) is 19.4 Å². The van der Waals surface area contributed by atoms with Gasteiger partial charge in [0.15, 0.2) is 0 Å². The second-order valence-corrected chi connectivity index (χ2v) is 8.41. The molecule has 3 aliphatic heterocycles. The van der Waals surface area contributed by atoms with Crippen molar-refractivity contribution in [2.45, 2.75) is 57.3 Å². The average Bonchev–Trinajstić information content (AvgIpc) is 3.17. The highest BCUT2D eigenvalue weighted by Crippen LogP contribution is 2.68. The second kappa shape index (κ2) is 6.31. The number of aromatic nitrogens is 2. The molecular formula is C19H29N5O3. The van der Waals surface area contributed by atoms with Crippen LogP contribution in [0.3, 0.4) is 0 Å². The molecule has 5 rings (SSSR count). The van der Waals surface area contributed by atoms with Crippen molar-refractivity contribution < 1.29 is 14.3 Å². The summed E-state index contributed by atoms with van der Waals surface area (Å²) in [7, 11) is 1.69. The maximum atomic E-state index is 12.7. The van der Waals surface area contributed by atoms with Gasteiger partial charge in [-0.2, -0.15) is 5.10 Å². The maximum Gasteiger partial charge on any atom is 0.241 e. The fourth-order valence-electron chi connectivity index (χ4n) is 5.42. The fourth-order valence-corrected chi connectivity index (χ4v) is 5.42. The van der Waals surface area contributed by atoms with Gasteiger partial charge < -0.3 is 20.7 Å². The lowest BCUT2D eigenvalue weighted by Gasteiger charge is -2.47. The van der Waals surface area contributed by atoms with Gasteiger partial charge in [-0.05, 0) is 58.7 Å². The van der Waals surface area contributed by atoms with E-state index in [-0.39, 0.29) is 18.4 Å². The van der Waals surface area contributed by atoms with Crippen molar-refractivity contribution >= 4 is 11.8 Å². The third-order valence-electron chi connectivity index (χ3n) is 6.61. The molecule has 0 radical (unpaired) electrons. The smallest absolute Gasteiger partial charge is 0.241 e. The molecule has 4 fully saturated rings. The number of carbonyl (C=O) groups is 2. The lowest BCUT2D eigenvalue weighted by atomic mass is 9.53. The van der Waals surface area contributed by atoms with E-state index in [1.165, 1.54) is 0 Å². The third-order valence-corrected chi connectivity index (χ3v) is 6.61. The minimum atomic E-state index is -0.454. The SMILES string of the molecule is CNC(=O)C12CC(CNC(=O)Cn3nc(C)cc3C)(C1)OC21CCNCC1. The van der Waals surface area contributed by atoms with Crippen LogP contribution in [-0.2, 0) is 20.9 Å². The minimum absolute atomic E-state index is 0.0755. The number of piperidine rings is 1. The van der Waals surface area contributed by atoms with E-state index in [0.717, 1.165) is 37.3 Å². The number of nitrogens with zero attached hydrogens (tertiary/aromatic N) is 2. The Hall–Kier alpha value is -1.93. The summed E-state index contributed by atoms with van der Waals surface area (Å²) in [5, 5.41) is 13.5. The predicted octanol–water partition coefficient (Wildman–Crippen LogP) is 0.0335. The molecule has 3 N–H and O–H groups in total. The highest BCUT2D eigenvalue weighted by atomic mass is 16.5. The Kier molecular flexibility index (Phi) is 4.31. The van der Waals surface area contributed by atoms with Crippen LogP contribution in [0.4, 0.5) is 0 Å². The molecule has 3 saturated heterocycles. The van der Waals surface area contributed by atoms with Crippen LogP contribution in [0.5, 0.6) is 0 Å². The molecular weight excluding hydrogens is 346 g/mol. The summed E-state index contributed by atoms with van der Waals surface area (Å²) >= 11 is 0. The molecule has 8 heteroatoms. The summed E-state index contributed by atoms with van der Waals surface area (Å²) in [5.41, 5.74) is 0.589. The van der Waals surface area contributed by atoms with E-state index in [9.17, 15) is 9.59 Å². The van der Waals surface area contributed by atoms with Gasteiger partial charge in [0.2, 0.25) is 11.8 Å². The lowest BCUT2D eigenvalue weighted by Crippen LogP contribution is -2.61. The molecule has 1 spiro atoms. The molecule has 8 nitrogen and oxygen atoms in total. The zero-order chi connectivity index (χ0) is 19.3. The Morgan fingerprint density at radius 3 is 2.59 bits per heavy atom. The van der Waals surface area contributed by atoms with Crippen LogP contribution >= 0.6 is 0 Å². The molecule has 4 heterocycles. The molecule has 0 aromatic carbocycles. The Morgan fingerprint density at radius 2 is 2.00 bits per heavy atom. The molecule has 1 saturated carbocycles. The van der Waals surface area contributed by atoms with Crippen LogP contribution in [0, 0.1) is 19.3 Å². The van der Waals surface area contributed by atoms with E-state index in [1.54, 1.807) is 11.7 Å². The van der Waals surface area contributed by atoms with Crippen molar-refractivity contribution in [1.82, 2.24) is 25.7 Å². The van der Waals surface area contributed by atoms with Crippen molar-refractivity contribution in [3.05, 3.63) is 17.5 Å². The van der Waals surface area contributed by atoms with Gasteiger partial charge in [0.1, 0.15) is 6.54 Å². The first-order valence-corrected chi connectivity index (χ1v) is 9.75. The fraction of sp³-hybridized carbons (Fsp3) is 0.737. The molecule has 1 aromatic heterocycles. The zero-order valence-electron chi connectivity index (χ0n) is 16.4. The third kappa shape index (κ3) is 2.77.